The zero-order valence-corrected chi connectivity index (χ0v) is 42.3. The summed E-state index contributed by atoms with van der Waals surface area (Å²) in [5.41, 5.74) is 0. The van der Waals surface area contributed by atoms with E-state index in [0.29, 0.717) is 6.42 Å². The van der Waals surface area contributed by atoms with E-state index in [1.165, 1.54) is 193 Å². The summed E-state index contributed by atoms with van der Waals surface area (Å²) in [6.45, 7) is 3.66. The number of nitrogens with one attached hydrogen (secondary N) is 1. The molecule has 1 rings (SSSR count). The van der Waals surface area contributed by atoms with Crippen LogP contribution in [0.3, 0.4) is 0 Å². The molecule has 0 radical (unpaired) electrons. The van der Waals surface area contributed by atoms with E-state index in [2.05, 4.69) is 43.5 Å². The molecule has 0 saturated carbocycles. The third-order valence-electron chi connectivity index (χ3n) is 13.2. The maximum absolute atomic E-state index is 12.9. The summed E-state index contributed by atoms with van der Waals surface area (Å²) in [7, 11) is 0. The highest BCUT2D eigenvalue weighted by Gasteiger charge is 2.44. The predicted molar refractivity (Wildman–Crippen MR) is 272 cm³/mol. The van der Waals surface area contributed by atoms with Crippen molar-refractivity contribution in [2.45, 2.75) is 301 Å². The minimum absolute atomic E-state index is 0.188. The molecule has 0 aromatic carbocycles. The van der Waals surface area contributed by atoms with E-state index in [4.69, 9.17) is 9.47 Å². The van der Waals surface area contributed by atoms with Gasteiger partial charge >= 0.3 is 0 Å². The lowest BCUT2D eigenvalue weighted by molar-refractivity contribution is -0.302. The highest BCUT2D eigenvalue weighted by molar-refractivity contribution is 5.76. The summed E-state index contributed by atoms with van der Waals surface area (Å²) in [6.07, 6.45) is 52.8. The smallest absolute Gasteiger partial charge is 0.220 e. The maximum Gasteiger partial charge on any atom is 0.220 e. The molecule has 1 amide bonds. The zero-order valence-electron chi connectivity index (χ0n) is 42.3. The zero-order chi connectivity index (χ0) is 47.3. The van der Waals surface area contributed by atoms with Crippen molar-refractivity contribution in [3.05, 3.63) is 36.5 Å². The fraction of sp³-hybridized carbons (Fsp3) is 0.875. The molecule has 0 aromatic heterocycles. The number of ether oxygens (including phenoxy) is 2. The first-order valence-electron chi connectivity index (χ1n) is 27.7. The number of unbranched alkanes of at least 4 members (excludes halogenated alkanes) is 33. The van der Waals surface area contributed by atoms with Crippen molar-refractivity contribution >= 4 is 5.91 Å². The first-order valence-corrected chi connectivity index (χ1v) is 27.7. The Hall–Kier alpha value is -1.59. The highest BCUT2D eigenvalue weighted by atomic mass is 16.7. The van der Waals surface area contributed by atoms with Crippen molar-refractivity contribution < 1.29 is 39.8 Å². The van der Waals surface area contributed by atoms with Crippen molar-refractivity contribution in [2.75, 3.05) is 13.2 Å². The van der Waals surface area contributed by atoms with Gasteiger partial charge in [0.1, 0.15) is 24.4 Å². The van der Waals surface area contributed by atoms with Crippen LogP contribution >= 0.6 is 0 Å². The van der Waals surface area contributed by atoms with Crippen LogP contribution < -0.4 is 5.32 Å². The molecule has 1 aliphatic rings. The molecule has 9 heteroatoms. The normalized spacial score (nSPS) is 20.1. The largest absolute Gasteiger partial charge is 0.394 e. The van der Waals surface area contributed by atoms with E-state index in [1.54, 1.807) is 6.08 Å². The molecular formula is C56H105NO8. The molecule has 1 fully saturated rings. The second kappa shape index (κ2) is 46.2. The van der Waals surface area contributed by atoms with Crippen LogP contribution in [-0.2, 0) is 14.3 Å². The van der Waals surface area contributed by atoms with Crippen molar-refractivity contribution in [1.29, 1.82) is 0 Å². The summed E-state index contributed by atoms with van der Waals surface area (Å²) in [6, 6.07) is -0.816. The van der Waals surface area contributed by atoms with Gasteiger partial charge in [0.25, 0.3) is 0 Å². The Balaban J connectivity index is 2.00. The Morgan fingerprint density at radius 1 is 0.508 bits per heavy atom. The van der Waals surface area contributed by atoms with Gasteiger partial charge < -0.3 is 40.3 Å². The molecule has 1 heterocycles. The Morgan fingerprint density at radius 2 is 0.908 bits per heavy atom. The van der Waals surface area contributed by atoms with Gasteiger partial charge in [0.05, 0.1) is 25.4 Å². The van der Waals surface area contributed by atoms with E-state index >= 15 is 0 Å². The molecule has 7 unspecified atom stereocenters. The lowest BCUT2D eigenvalue weighted by Gasteiger charge is -2.40. The van der Waals surface area contributed by atoms with Gasteiger partial charge in [-0.25, -0.2) is 0 Å². The van der Waals surface area contributed by atoms with Crippen molar-refractivity contribution in [3.63, 3.8) is 0 Å². The standard InChI is InChI=1S/C56H105NO8/c1-3-5-7-9-11-12-13-14-15-16-17-18-19-20-21-22-23-24-25-26-27-28-29-30-31-32-33-34-35-36-37-38-40-42-44-46-52(60)57-49(50(59)45-43-41-39-10-8-6-4-2)48-64-56-55(63)54(62)53(61)51(47-58)65-56/h8,10,16-17,43,45,49-51,53-56,58-59,61-63H,3-7,9,11-15,18-42,44,46-48H2,1-2H3,(H,57,60)/b10-8+,17-16-,45-43+. The van der Waals surface area contributed by atoms with Crippen LogP contribution in [0.4, 0.5) is 0 Å². The summed E-state index contributed by atoms with van der Waals surface area (Å²) in [5, 5.41) is 54.0. The Labute approximate surface area is 400 Å². The van der Waals surface area contributed by atoms with E-state index in [0.717, 1.165) is 44.9 Å². The highest BCUT2D eigenvalue weighted by Crippen LogP contribution is 2.23. The number of hydrogen-bond donors (Lipinski definition) is 6. The fourth-order valence-electron chi connectivity index (χ4n) is 8.76. The van der Waals surface area contributed by atoms with Gasteiger partial charge in [-0.3, -0.25) is 4.79 Å². The number of allylic oxidation sites excluding steroid dienone is 5. The van der Waals surface area contributed by atoms with Gasteiger partial charge in [0.15, 0.2) is 6.29 Å². The topological polar surface area (TPSA) is 149 Å². The molecule has 382 valence electrons. The quantitative estimate of drug-likeness (QED) is 0.0261. The monoisotopic (exact) mass is 920 g/mol. The fourth-order valence-corrected chi connectivity index (χ4v) is 8.76. The van der Waals surface area contributed by atoms with Gasteiger partial charge in [-0.1, -0.05) is 237 Å². The number of rotatable bonds is 47. The van der Waals surface area contributed by atoms with Crippen molar-refractivity contribution in [1.82, 2.24) is 5.32 Å². The van der Waals surface area contributed by atoms with E-state index in [1.807, 2.05) is 6.08 Å². The summed E-state index contributed by atoms with van der Waals surface area (Å²) < 4.78 is 11.2. The summed E-state index contributed by atoms with van der Waals surface area (Å²) in [5.74, 6) is -0.188. The second-order valence-electron chi connectivity index (χ2n) is 19.4. The molecule has 9 nitrogen and oxygen atoms in total. The number of aliphatic hydroxyl groups is 5. The average Bonchev–Trinajstić information content (AvgIpc) is 3.31. The third-order valence-corrected chi connectivity index (χ3v) is 13.2. The SMILES string of the molecule is CCC/C=C/CC/C=C/C(O)C(COC1OC(CO)C(O)C(O)C1O)NC(=O)CCCCCCCCCCCCCCCCCCCCCCCCC/C=C\CCCCCCCCCC. The van der Waals surface area contributed by atoms with Crippen LogP contribution in [0.5, 0.6) is 0 Å². The van der Waals surface area contributed by atoms with Crippen LogP contribution in [0.1, 0.15) is 258 Å². The molecule has 7 atom stereocenters. The Bertz CT molecular complexity index is 1110. The summed E-state index contributed by atoms with van der Waals surface area (Å²) >= 11 is 0. The Kier molecular flexibility index (Phi) is 43.6. The lowest BCUT2D eigenvalue weighted by atomic mass is 9.99. The average molecular weight is 920 g/mol. The minimum atomic E-state index is -1.57. The molecule has 0 spiro atoms. The lowest BCUT2D eigenvalue weighted by Crippen LogP contribution is -2.60. The van der Waals surface area contributed by atoms with Crippen LogP contribution in [0, 0.1) is 0 Å². The van der Waals surface area contributed by atoms with Crippen LogP contribution in [-0.4, -0.2) is 87.5 Å². The third kappa shape index (κ3) is 36.1. The van der Waals surface area contributed by atoms with Crippen molar-refractivity contribution in [3.8, 4) is 0 Å². The van der Waals surface area contributed by atoms with Gasteiger partial charge in [0.2, 0.25) is 5.91 Å². The van der Waals surface area contributed by atoms with Gasteiger partial charge in [0, 0.05) is 6.42 Å². The van der Waals surface area contributed by atoms with Crippen LogP contribution in [0.25, 0.3) is 0 Å². The molecular weight excluding hydrogens is 815 g/mol. The molecule has 1 aliphatic heterocycles. The van der Waals surface area contributed by atoms with Gasteiger partial charge in [-0.15, -0.1) is 0 Å². The van der Waals surface area contributed by atoms with E-state index in [9.17, 15) is 30.3 Å². The van der Waals surface area contributed by atoms with Crippen LogP contribution in [0.15, 0.2) is 36.5 Å². The van der Waals surface area contributed by atoms with Gasteiger partial charge in [-0.2, -0.15) is 0 Å². The molecule has 0 aliphatic carbocycles. The van der Waals surface area contributed by atoms with Gasteiger partial charge in [-0.05, 0) is 51.4 Å². The number of aliphatic hydroxyl groups excluding tert-OH is 5. The summed E-state index contributed by atoms with van der Waals surface area (Å²) in [4.78, 5) is 12.9. The number of amides is 1. The predicted octanol–water partition coefficient (Wildman–Crippen LogP) is 13.2. The second-order valence-corrected chi connectivity index (χ2v) is 19.4. The van der Waals surface area contributed by atoms with Crippen LogP contribution in [0.2, 0.25) is 0 Å². The first kappa shape index (κ1) is 61.4. The first-order chi connectivity index (χ1) is 31.8. The minimum Gasteiger partial charge on any atom is -0.394 e. The molecule has 6 N–H and O–H groups in total. The number of carbonyl (C=O) groups is 1. The maximum atomic E-state index is 12.9. The van der Waals surface area contributed by atoms with E-state index in [-0.39, 0.29) is 12.5 Å². The molecule has 0 aromatic rings. The van der Waals surface area contributed by atoms with E-state index < -0.39 is 49.5 Å². The molecule has 1 saturated heterocycles. The van der Waals surface area contributed by atoms with Crippen molar-refractivity contribution in [2.24, 2.45) is 0 Å². The Morgan fingerprint density at radius 3 is 1.35 bits per heavy atom. The number of carbonyl (C=O) groups excluding carboxylic acids is 1. The number of hydrogen-bond acceptors (Lipinski definition) is 8. The molecule has 0 bridgehead atoms. The molecule has 65 heavy (non-hydrogen) atoms.